The second-order valence-electron chi connectivity index (χ2n) is 3.35. The number of hydrogen-bond acceptors (Lipinski definition) is 2. The molecule has 0 aromatic carbocycles. The van der Waals surface area contributed by atoms with Crippen LogP contribution in [0.25, 0.3) is 0 Å². The van der Waals surface area contributed by atoms with E-state index in [2.05, 4.69) is 16.5 Å². The number of nitrogens with zero attached hydrogens (tertiary/aromatic N) is 2. The van der Waals surface area contributed by atoms with Crippen molar-refractivity contribution in [3.8, 4) is 0 Å². The van der Waals surface area contributed by atoms with E-state index >= 15 is 0 Å². The van der Waals surface area contributed by atoms with Gasteiger partial charge in [0, 0.05) is 24.4 Å². The Kier molecular flexibility index (Phi) is 2.68. The first kappa shape index (κ1) is 9.06. The smallest absolute Gasteiger partial charge is 0.108 e. The maximum absolute atomic E-state index is 5.03. The summed E-state index contributed by atoms with van der Waals surface area (Å²) in [6.45, 7) is 3.02. The molecule has 0 radical (unpaired) electrons. The van der Waals surface area contributed by atoms with Gasteiger partial charge in [-0.05, 0) is 12.5 Å². The van der Waals surface area contributed by atoms with Crippen molar-refractivity contribution in [1.29, 1.82) is 0 Å². The second-order valence-corrected chi connectivity index (χ2v) is 3.35. The molecule has 2 rings (SSSR count). The highest BCUT2D eigenvalue weighted by Gasteiger charge is 2.02. The Bertz CT molecular complexity index is 376. The molecule has 0 saturated carbocycles. The molecule has 0 aliphatic heterocycles. The van der Waals surface area contributed by atoms with E-state index in [4.69, 9.17) is 4.42 Å². The SMILES string of the molecule is CCCc1nccn1Cc1ccoc1. The summed E-state index contributed by atoms with van der Waals surface area (Å²) < 4.78 is 7.19. The summed E-state index contributed by atoms with van der Waals surface area (Å²) in [6, 6.07) is 1.98. The van der Waals surface area contributed by atoms with E-state index in [1.807, 2.05) is 18.5 Å². The van der Waals surface area contributed by atoms with Crippen LogP contribution in [-0.4, -0.2) is 9.55 Å². The normalized spacial score (nSPS) is 10.6. The highest BCUT2D eigenvalue weighted by Crippen LogP contribution is 2.07. The molecule has 0 bridgehead atoms. The average Bonchev–Trinajstić information content (AvgIpc) is 2.80. The summed E-state index contributed by atoms with van der Waals surface area (Å²) in [5, 5.41) is 0. The van der Waals surface area contributed by atoms with E-state index in [1.54, 1.807) is 12.5 Å². The van der Waals surface area contributed by atoms with Gasteiger partial charge in [0.15, 0.2) is 0 Å². The van der Waals surface area contributed by atoms with Gasteiger partial charge in [0.2, 0.25) is 0 Å². The number of rotatable bonds is 4. The van der Waals surface area contributed by atoms with Gasteiger partial charge in [-0.3, -0.25) is 0 Å². The number of aryl methyl sites for hydroxylation is 1. The van der Waals surface area contributed by atoms with E-state index in [0.29, 0.717) is 0 Å². The molecule has 74 valence electrons. The minimum atomic E-state index is 0.853. The predicted octanol–water partition coefficient (Wildman–Crippen LogP) is 2.48. The number of furan rings is 1. The zero-order chi connectivity index (χ0) is 9.80. The molecule has 2 heterocycles. The van der Waals surface area contributed by atoms with Gasteiger partial charge < -0.3 is 8.98 Å². The van der Waals surface area contributed by atoms with Gasteiger partial charge in [-0.2, -0.15) is 0 Å². The van der Waals surface area contributed by atoms with E-state index in [9.17, 15) is 0 Å². The maximum atomic E-state index is 5.03. The molecular formula is C11H14N2O. The first-order chi connectivity index (χ1) is 6.90. The molecule has 0 fully saturated rings. The third kappa shape index (κ3) is 1.87. The van der Waals surface area contributed by atoms with Crippen molar-refractivity contribution in [3.63, 3.8) is 0 Å². The van der Waals surface area contributed by atoms with E-state index in [1.165, 1.54) is 5.56 Å². The van der Waals surface area contributed by atoms with Crippen LogP contribution in [0.2, 0.25) is 0 Å². The second kappa shape index (κ2) is 4.13. The van der Waals surface area contributed by atoms with Crippen molar-refractivity contribution < 1.29 is 4.42 Å². The van der Waals surface area contributed by atoms with Gasteiger partial charge in [0.05, 0.1) is 19.1 Å². The maximum Gasteiger partial charge on any atom is 0.108 e. The highest BCUT2D eigenvalue weighted by atomic mass is 16.3. The van der Waals surface area contributed by atoms with Crippen molar-refractivity contribution >= 4 is 0 Å². The number of aromatic nitrogens is 2. The molecular weight excluding hydrogens is 176 g/mol. The lowest BCUT2D eigenvalue weighted by molar-refractivity contribution is 0.561. The Morgan fingerprint density at radius 3 is 3.14 bits per heavy atom. The lowest BCUT2D eigenvalue weighted by atomic mass is 10.3. The lowest BCUT2D eigenvalue weighted by Crippen LogP contribution is -2.03. The Labute approximate surface area is 83.4 Å². The predicted molar refractivity (Wildman–Crippen MR) is 54.0 cm³/mol. The summed E-state index contributed by atoms with van der Waals surface area (Å²) >= 11 is 0. The third-order valence-corrected chi connectivity index (χ3v) is 2.21. The first-order valence-corrected chi connectivity index (χ1v) is 4.91. The molecule has 0 saturated heterocycles. The van der Waals surface area contributed by atoms with E-state index in [-0.39, 0.29) is 0 Å². The van der Waals surface area contributed by atoms with Crippen molar-refractivity contribution in [2.45, 2.75) is 26.3 Å². The van der Waals surface area contributed by atoms with Gasteiger partial charge in [0.25, 0.3) is 0 Å². The lowest BCUT2D eigenvalue weighted by Gasteiger charge is -2.04. The van der Waals surface area contributed by atoms with Crippen molar-refractivity contribution in [1.82, 2.24) is 9.55 Å². The molecule has 0 amide bonds. The van der Waals surface area contributed by atoms with Crippen molar-refractivity contribution in [2.75, 3.05) is 0 Å². The summed E-state index contributed by atoms with van der Waals surface area (Å²) in [6.07, 6.45) is 9.50. The molecule has 2 aromatic rings. The highest BCUT2D eigenvalue weighted by molar-refractivity contribution is 5.08. The largest absolute Gasteiger partial charge is 0.472 e. The fourth-order valence-electron chi connectivity index (χ4n) is 1.52. The minimum Gasteiger partial charge on any atom is -0.472 e. The molecule has 0 atom stereocenters. The van der Waals surface area contributed by atoms with Crippen molar-refractivity contribution in [3.05, 3.63) is 42.4 Å². The minimum absolute atomic E-state index is 0.853. The zero-order valence-electron chi connectivity index (χ0n) is 8.31. The monoisotopic (exact) mass is 190 g/mol. The summed E-state index contributed by atoms with van der Waals surface area (Å²) in [5.74, 6) is 1.15. The Balaban J connectivity index is 2.12. The molecule has 0 N–H and O–H groups in total. The Morgan fingerprint density at radius 2 is 2.43 bits per heavy atom. The van der Waals surface area contributed by atoms with Crippen LogP contribution in [-0.2, 0) is 13.0 Å². The topological polar surface area (TPSA) is 31.0 Å². The van der Waals surface area contributed by atoms with E-state index < -0.39 is 0 Å². The van der Waals surface area contributed by atoms with Gasteiger partial charge in [-0.25, -0.2) is 4.98 Å². The number of imidazole rings is 1. The molecule has 0 aliphatic carbocycles. The third-order valence-electron chi connectivity index (χ3n) is 2.21. The Morgan fingerprint density at radius 1 is 1.50 bits per heavy atom. The summed E-state index contributed by atoms with van der Waals surface area (Å²) in [4.78, 5) is 4.32. The van der Waals surface area contributed by atoms with Crippen LogP contribution in [0, 0.1) is 0 Å². The van der Waals surface area contributed by atoms with Crippen LogP contribution in [0.4, 0.5) is 0 Å². The molecule has 0 unspecified atom stereocenters. The fourth-order valence-corrected chi connectivity index (χ4v) is 1.52. The van der Waals surface area contributed by atoms with Crippen LogP contribution >= 0.6 is 0 Å². The molecule has 3 nitrogen and oxygen atoms in total. The quantitative estimate of drug-likeness (QED) is 0.741. The van der Waals surface area contributed by atoms with E-state index in [0.717, 1.165) is 25.2 Å². The molecule has 0 aliphatic rings. The Hall–Kier alpha value is -1.51. The summed E-state index contributed by atoms with van der Waals surface area (Å²) in [5.41, 5.74) is 1.18. The van der Waals surface area contributed by atoms with Gasteiger partial charge in [-0.15, -0.1) is 0 Å². The zero-order valence-corrected chi connectivity index (χ0v) is 8.31. The van der Waals surface area contributed by atoms with Crippen molar-refractivity contribution in [2.24, 2.45) is 0 Å². The standard InChI is InChI=1S/C11H14N2O/c1-2-3-11-12-5-6-13(11)8-10-4-7-14-9-10/h4-7,9H,2-3,8H2,1H3. The molecule has 14 heavy (non-hydrogen) atoms. The van der Waals surface area contributed by atoms with Crippen LogP contribution < -0.4 is 0 Å². The first-order valence-electron chi connectivity index (χ1n) is 4.91. The fraction of sp³-hybridized carbons (Fsp3) is 0.364. The summed E-state index contributed by atoms with van der Waals surface area (Å²) in [7, 11) is 0. The van der Waals surface area contributed by atoms with Crippen LogP contribution in [0.15, 0.2) is 35.4 Å². The average molecular weight is 190 g/mol. The molecule has 2 aromatic heterocycles. The van der Waals surface area contributed by atoms with Gasteiger partial charge in [0.1, 0.15) is 5.82 Å². The van der Waals surface area contributed by atoms with Crippen LogP contribution in [0.3, 0.4) is 0 Å². The van der Waals surface area contributed by atoms with Crippen LogP contribution in [0.5, 0.6) is 0 Å². The van der Waals surface area contributed by atoms with Gasteiger partial charge >= 0.3 is 0 Å². The number of hydrogen-bond donors (Lipinski definition) is 0. The molecule has 0 spiro atoms. The van der Waals surface area contributed by atoms with Crippen LogP contribution in [0.1, 0.15) is 24.7 Å². The van der Waals surface area contributed by atoms with Gasteiger partial charge in [-0.1, -0.05) is 6.92 Å². The molecule has 3 heteroatoms.